The predicted octanol–water partition coefficient (Wildman–Crippen LogP) is 2.58. The number of aromatic nitrogens is 2. The molecule has 0 saturated heterocycles. The maximum absolute atomic E-state index is 13.6. The average Bonchev–Trinajstić information content (AvgIpc) is 3.02. The van der Waals surface area contributed by atoms with Gasteiger partial charge in [-0.3, -0.25) is 9.52 Å². The van der Waals surface area contributed by atoms with Crippen LogP contribution in [-0.2, 0) is 10.0 Å². The van der Waals surface area contributed by atoms with E-state index in [2.05, 4.69) is 14.9 Å². The Hall–Kier alpha value is -2.59. The number of nitrogens with zero attached hydrogens (tertiary/aromatic N) is 1. The lowest BCUT2D eigenvalue weighted by atomic mass is 10.3. The van der Waals surface area contributed by atoms with Gasteiger partial charge in [0.05, 0.1) is 10.6 Å². The topological polar surface area (TPSA) is 91.9 Å². The highest BCUT2D eigenvalue weighted by Crippen LogP contribution is 2.30. The Bertz CT molecular complexity index is 1040. The number of hydrogen-bond acceptors (Lipinski definition) is 5. The van der Waals surface area contributed by atoms with Crippen LogP contribution in [0.15, 0.2) is 51.5 Å². The molecule has 2 aromatic heterocycles. The van der Waals surface area contributed by atoms with Crippen LogP contribution in [0.2, 0.25) is 0 Å². The molecule has 0 radical (unpaired) electrons. The van der Waals surface area contributed by atoms with Crippen LogP contribution < -0.4 is 10.3 Å². The number of aromatic amines is 1. The first-order chi connectivity index (χ1) is 11.3. The zero-order valence-corrected chi connectivity index (χ0v) is 13.4. The summed E-state index contributed by atoms with van der Waals surface area (Å²) in [5, 5.41) is 6.06. The first kappa shape index (κ1) is 16.3. The monoisotopic (exact) mass is 369 g/mol. The van der Waals surface area contributed by atoms with Crippen molar-refractivity contribution < 1.29 is 17.2 Å². The van der Waals surface area contributed by atoms with Gasteiger partial charge in [0.15, 0.2) is 0 Å². The van der Waals surface area contributed by atoms with Gasteiger partial charge in [-0.15, -0.1) is 11.3 Å². The molecule has 3 aromatic rings. The van der Waals surface area contributed by atoms with Gasteiger partial charge in [-0.1, -0.05) is 0 Å². The van der Waals surface area contributed by atoms with Crippen molar-refractivity contribution in [3.05, 3.63) is 64.5 Å². The molecule has 1 aromatic carbocycles. The summed E-state index contributed by atoms with van der Waals surface area (Å²) in [4.78, 5) is 11.5. The van der Waals surface area contributed by atoms with Crippen LogP contribution in [0, 0.1) is 11.6 Å². The third-order valence-electron chi connectivity index (χ3n) is 2.95. The van der Waals surface area contributed by atoms with Crippen LogP contribution in [0.3, 0.4) is 0 Å². The fourth-order valence-electron chi connectivity index (χ4n) is 1.85. The van der Waals surface area contributed by atoms with E-state index in [1.807, 2.05) is 0 Å². The van der Waals surface area contributed by atoms with Crippen molar-refractivity contribution >= 4 is 27.0 Å². The van der Waals surface area contributed by atoms with Gasteiger partial charge in [0.25, 0.3) is 15.6 Å². The van der Waals surface area contributed by atoms with Gasteiger partial charge in [0.1, 0.15) is 21.5 Å². The lowest BCUT2D eigenvalue weighted by molar-refractivity contribution is 0.583. The van der Waals surface area contributed by atoms with Gasteiger partial charge in [-0.25, -0.2) is 22.3 Å². The largest absolute Gasteiger partial charge is 0.276 e. The molecule has 0 saturated carbocycles. The van der Waals surface area contributed by atoms with E-state index in [0.717, 1.165) is 23.5 Å². The summed E-state index contributed by atoms with van der Waals surface area (Å²) in [7, 11) is -4.04. The number of H-pyrrole nitrogens is 1. The Morgan fingerprint density at radius 2 is 1.88 bits per heavy atom. The van der Waals surface area contributed by atoms with Crippen LogP contribution in [0.4, 0.5) is 14.5 Å². The fraction of sp³-hybridized carbons (Fsp3) is 0. The number of anilines is 1. The van der Waals surface area contributed by atoms with Crippen molar-refractivity contribution in [3.8, 4) is 10.6 Å². The van der Waals surface area contributed by atoms with E-state index in [1.165, 1.54) is 24.3 Å². The van der Waals surface area contributed by atoms with E-state index in [0.29, 0.717) is 16.6 Å². The van der Waals surface area contributed by atoms with Gasteiger partial charge in [0, 0.05) is 12.1 Å². The first-order valence-electron chi connectivity index (χ1n) is 6.49. The Morgan fingerprint density at radius 1 is 1.08 bits per heavy atom. The molecule has 3 rings (SSSR count). The molecule has 24 heavy (non-hydrogen) atoms. The lowest BCUT2D eigenvalue weighted by Gasteiger charge is -2.07. The van der Waals surface area contributed by atoms with Crippen molar-refractivity contribution in [1.82, 2.24) is 10.2 Å². The standard InChI is InChI=1S/C14H9F2N3O3S2/c15-8-1-2-10(9(16)7-8)19-24(21,22)14-6-4-12(23-14)11-3-5-13(20)18-17-11/h1-7,19H,(H,18,20). The minimum absolute atomic E-state index is 0.0748. The number of halogens is 2. The summed E-state index contributed by atoms with van der Waals surface area (Å²) >= 11 is 0.896. The summed E-state index contributed by atoms with van der Waals surface area (Å²) in [6, 6.07) is 8.10. The van der Waals surface area contributed by atoms with Crippen LogP contribution in [0.5, 0.6) is 0 Å². The smallest absolute Gasteiger partial charge is 0.271 e. The molecule has 0 amide bonds. The zero-order valence-electron chi connectivity index (χ0n) is 11.8. The Balaban J connectivity index is 1.90. The second-order valence-electron chi connectivity index (χ2n) is 4.65. The maximum Gasteiger partial charge on any atom is 0.271 e. The van der Waals surface area contributed by atoms with Gasteiger partial charge < -0.3 is 0 Å². The van der Waals surface area contributed by atoms with E-state index in [-0.39, 0.29) is 15.5 Å². The second kappa shape index (κ2) is 6.13. The number of sulfonamides is 1. The van der Waals surface area contributed by atoms with Gasteiger partial charge in [0.2, 0.25) is 0 Å². The summed E-state index contributed by atoms with van der Waals surface area (Å²) in [6.07, 6.45) is 0. The number of rotatable bonds is 4. The average molecular weight is 369 g/mol. The first-order valence-corrected chi connectivity index (χ1v) is 8.79. The molecular weight excluding hydrogens is 360 g/mol. The van der Waals surface area contributed by atoms with Crippen molar-refractivity contribution in [2.45, 2.75) is 4.21 Å². The number of benzene rings is 1. The number of thiophene rings is 1. The second-order valence-corrected chi connectivity index (χ2v) is 7.65. The molecule has 0 spiro atoms. The minimum Gasteiger partial charge on any atom is -0.276 e. The molecule has 0 aliphatic rings. The number of hydrogen-bond donors (Lipinski definition) is 2. The van der Waals surface area contributed by atoms with Crippen LogP contribution in [0.25, 0.3) is 10.6 Å². The molecule has 10 heteroatoms. The molecule has 124 valence electrons. The molecule has 0 atom stereocenters. The van der Waals surface area contributed by atoms with Crippen LogP contribution >= 0.6 is 11.3 Å². The van der Waals surface area contributed by atoms with Crippen molar-refractivity contribution in [3.63, 3.8) is 0 Å². The summed E-state index contributed by atoms with van der Waals surface area (Å²) in [5.74, 6) is -1.82. The van der Waals surface area contributed by atoms with Crippen molar-refractivity contribution in [2.75, 3.05) is 4.72 Å². The van der Waals surface area contributed by atoms with Crippen molar-refractivity contribution in [2.24, 2.45) is 0 Å². The molecule has 0 aliphatic heterocycles. The molecule has 2 N–H and O–H groups in total. The summed E-state index contributed by atoms with van der Waals surface area (Å²) < 4.78 is 53.1. The Labute approximate surface area is 138 Å². The van der Waals surface area contributed by atoms with Crippen LogP contribution in [-0.4, -0.2) is 18.6 Å². The van der Waals surface area contributed by atoms with Gasteiger partial charge in [-0.2, -0.15) is 5.10 Å². The lowest BCUT2D eigenvalue weighted by Crippen LogP contribution is -2.12. The highest BCUT2D eigenvalue weighted by Gasteiger charge is 2.19. The predicted molar refractivity (Wildman–Crippen MR) is 85.3 cm³/mol. The van der Waals surface area contributed by atoms with Crippen molar-refractivity contribution in [1.29, 1.82) is 0 Å². The van der Waals surface area contributed by atoms with Gasteiger partial charge in [-0.05, 0) is 30.3 Å². The van der Waals surface area contributed by atoms with Gasteiger partial charge >= 0.3 is 0 Å². The molecule has 0 unspecified atom stereocenters. The SMILES string of the molecule is O=c1ccc(-c2ccc(S(=O)(=O)Nc3ccc(F)cc3F)s2)n[nH]1. The number of nitrogens with one attached hydrogen (secondary N) is 2. The highest BCUT2D eigenvalue weighted by molar-refractivity contribution is 7.94. The molecule has 0 aliphatic carbocycles. The molecule has 6 nitrogen and oxygen atoms in total. The van der Waals surface area contributed by atoms with Crippen LogP contribution in [0.1, 0.15) is 0 Å². The van der Waals surface area contributed by atoms with E-state index in [1.54, 1.807) is 0 Å². The third-order valence-corrected chi connectivity index (χ3v) is 5.92. The zero-order chi connectivity index (χ0) is 17.3. The summed E-state index contributed by atoms with van der Waals surface area (Å²) in [5.41, 5.74) is -0.334. The quantitative estimate of drug-likeness (QED) is 0.739. The minimum atomic E-state index is -4.04. The maximum atomic E-state index is 13.6. The van der Waals surface area contributed by atoms with E-state index in [4.69, 9.17) is 0 Å². The van der Waals surface area contributed by atoms with E-state index < -0.39 is 21.7 Å². The summed E-state index contributed by atoms with van der Waals surface area (Å²) in [6.45, 7) is 0. The third kappa shape index (κ3) is 3.34. The normalized spacial score (nSPS) is 11.4. The highest BCUT2D eigenvalue weighted by atomic mass is 32.2. The van der Waals surface area contributed by atoms with E-state index in [9.17, 15) is 22.0 Å². The molecule has 0 bridgehead atoms. The molecule has 0 fully saturated rings. The molecular formula is C14H9F2N3O3S2. The molecule has 2 heterocycles. The fourth-order valence-corrected chi connectivity index (χ4v) is 4.19. The Morgan fingerprint density at radius 3 is 2.54 bits per heavy atom. The Kier molecular flexibility index (Phi) is 4.16. The van der Waals surface area contributed by atoms with E-state index >= 15 is 0 Å².